The lowest BCUT2D eigenvalue weighted by atomic mass is 9.96. The summed E-state index contributed by atoms with van der Waals surface area (Å²) in [5, 5.41) is 17.2. The van der Waals surface area contributed by atoms with Crippen LogP contribution in [0.4, 0.5) is 17.5 Å². The van der Waals surface area contributed by atoms with Crippen LogP contribution in [0, 0.1) is 25.7 Å². The van der Waals surface area contributed by atoms with Crippen LogP contribution in [0.2, 0.25) is 0 Å². The predicted octanol–water partition coefficient (Wildman–Crippen LogP) is 5.82. The number of aliphatic hydroxyl groups is 1. The van der Waals surface area contributed by atoms with E-state index in [1.807, 2.05) is 19.2 Å². The Balaban J connectivity index is 1.40. The minimum atomic E-state index is 0.199. The average Bonchev–Trinajstić information content (AvgIpc) is 3.24. The molecule has 3 aliphatic rings. The summed E-state index contributed by atoms with van der Waals surface area (Å²) in [5.74, 6) is 3.55. The highest BCUT2D eigenvalue weighted by Gasteiger charge is 2.50. The predicted molar refractivity (Wildman–Crippen MR) is 144 cm³/mol. The van der Waals surface area contributed by atoms with Crippen molar-refractivity contribution in [3.8, 4) is 0 Å². The van der Waals surface area contributed by atoms with Gasteiger partial charge in [0.1, 0.15) is 5.82 Å². The van der Waals surface area contributed by atoms with Gasteiger partial charge in [-0.15, -0.1) is 11.8 Å². The van der Waals surface area contributed by atoms with E-state index in [0.717, 1.165) is 70.2 Å². The molecule has 0 aromatic carbocycles. The van der Waals surface area contributed by atoms with Gasteiger partial charge in [-0.1, -0.05) is 12.8 Å². The van der Waals surface area contributed by atoms with Crippen molar-refractivity contribution in [1.82, 2.24) is 15.0 Å². The van der Waals surface area contributed by atoms with Gasteiger partial charge in [-0.2, -0.15) is 4.98 Å². The van der Waals surface area contributed by atoms with Crippen LogP contribution in [0.15, 0.2) is 22.2 Å². The second-order valence-corrected chi connectivity index (χ2v) is 11.6. The number of nitrogens with zero attached hydrogens (tertiary/aromatic N) is 4. The van der Waals surface area contributed by atoms with Crippen LogP contribution < -0.4 is 10.6 Å². The Morgan fingerprint density at radius 2 is 1.94 bits per heavy atom. The first-order valence-electron chi connectivity index (χ1n) is 13.1. The van der Waals surface area contributed by atoms with Crippen molar-refractivity contribution in [3.05, 3.63) is 29.2 Å². The topological polar surface area (TPSA) is 95.3 Å². The zero-order chi connectivity index (χ0) is 24.4. The molecule has 35 heavy (non-hydrogen) atoms. The van der Waals surface area contributed by atoms with Gasteiger partial charge in [0, 0.05) is 46.3 Å². The third-order valence-electron chi connectivity index (χ3n) is 8.24. The smallest absolute Gasteiger partial charge is 0.225 e. The summed E-state index contributed by atoms with van der Waals surface area (Å²) in [6.07, 6.45) is 12.7. The molecule has 3 N–H and O–H groups in total. The van der Waals surface area contributed by atoms with Gasteiger partial charge in [0.25, 0.3) is 0 Å². The number of pyridine rings is 1. The Kier molecular flexibility index (Phi) is 7.30. The third kappa shape index (κ3) is 5.33. The molecule has 5 rings (SSSR count). The van der Waals surface area contributed by atoms with Crippen LogP contribution in [-0.2, 0) is 5.75 Å². The van der Waals surface area contributed by atoms with Gasteiger partial charge in [-0.25, -0.2) is 4.98 Å². The van der Waals surface area contributed by atoms with E-state index in [0.29, 0.717) is 12.0 Å². The van der Waals surface area contributed by atoms with E-state index in [4.69, 9.17) is 9.97 Å². The number of hydrogen-bond acceptors (Lipinski definition) is 8. The molecule has 0 radical (unpaired) electrons. The molecule has 2 heterocycles. The molecule has 0 bridgehead atoms. The summed E-state index contributed by atoms with van der Waals surface area (Å²) in [6, 6.07) is 2.33. The second kappa shape index (κ2) is 10.4. The van der Waals surface area contributed by atoms with E-state index in [-0.39, 0.29) is 12.1 Å². The second-order valence-electron chi connectivity index (χ2n) is 10.6. The van der Waals surface area contributed by atoms with E-state index in [1.165, 1.54) is 38.5 Å². The minimum Gasteiger partial charge on any atom is -0.396 e. The van der Waals surface area contributed by atoms with E-state index < -0.39 is 0 Å². The number of aromatic nitrogens is 3. The Morgan fingerprint density at radius 1 is 1.14 bits per heavy atom. The molecule has 0 amide bonds. The first-order valence-corrected chi connectivity index (χ1v) is 14.1. The normalized spacial score (nSPS) is 23.4. The molecule has 2 atom stereocenters. The van der Waals surface area contributed by atoms with Crippen LogP contribution in [0.25, 0.3) is 0 Å². The van der Waals surface area contributed by atoms with E-state index in [1.54, 1.807) is 11.8 Å². The molecule has 0 saturated heterocycles. The molecule has 7 nitrogen and oxygen atoms in total. The highest BCUT2D eigenvalue weighted by atomic mass is 32.2. The Labute approximate surface area is 213 Å². The summed E-state index contributed by atoms with van der Waals surface area (Å²) in [4.78, 5) is 19.6. The molecule has 188 valence electrons. The number of nitrogens with one attached hydrogen (secondary N) is 2. The number of aliphatic hydroxyl groups excluding tert-OH is 1. The van der Waals surface area contributed by atoms with Crippen LogP contribution in [0.1, 0.15) is 74.7 Å². The Hall–Kier alpha value is -2.19. The maximum atomic E-state index is 9.63. The Bertz CT molecular complexity index is 1070. The first kappa shape index (κ1) is 24.5. The van der Waals surface area contributed by atoms with E-state index in [9.17, 15) is 5.11 Å². The summed E-state index contributed by atoms with van der Waals surface area (Å²) in [6.45, 7) is 8.06. The number of aliphatic imine (C=N–C) groups is 1. The van der Waals surface area contributed by atoms with Crippen LogP contribution in [0.5, 0.6) is 0 Å². The number of thioether (sulfide) groups is 1. The molecule has 3 fully saturated rings. The lowest BCUT2D eigenvalue weighted by Gasteiger charge is -2.26. The Morgan fingerprint density at radius 3 is 2.63 bits per heavy atom. The van der Waals surface area contributed by atoms with Gasteiger partial charge >= 0.3 is 0 Å². The lowest BCUT2D eigenvalue weighted by molar-refractivity contribution is 0.229. The molecule has 2 aromatic rings. The maximum absolute atomic E-state index is 9.63. The lowest BCUT2D eigenvalue weighted by Crippen LogP contribution is -2.31. The number of hydrogen-bond donors (Lipinski definition) is 3. The zero-order valence-electron chi connectivity index (χ0n) is 21.0. The van der Waals surface area contributed by atoms with Crippen molar-refractivity contribution in [3.63, 3.8) is 0 Å². The van der Waals surface area contributed by atoms with E-state index in [2.05, 4.69) is 34.3 Å². The third-order valence-corrected chi connectivity index (χ3v) is 9.31. The fraction of sp³-hybridized carbons (Fsp3) is 0.630. The molecule has 3 aliphatic carbocycles. The van der Waals surface area contributed by atoms with Gasteiger partial charge in [-0.3, -0.25) is 9.98 Å². The maximum Gasteiger partial charge on any atom is 0.225 e. The zero-order valence-corrected chi connectivity index (χ0v) is 21.8. The monoisotopic (exact) mass is 494 g/mol. The van der Waals surface area contributed by atoms with Gasteiger partial charge in [-0.05, 0) is 83.4 Å². The molecule has 2 unspecified atom stereocenters. The highest BCUT2D eigenvalue weighted by molar-refractivity contribution is 7.98. The van der Waals surface area contributed by atoms with Crippen molar-refractivity contribution in [2.75, 3.05) is 17.2 Å². The van der Waals surface area contributed by atoms with Gasteiger partial charge in [0.2, 0.25) is 5.95 Å². The number of aryl methyl sites for hydroxylation is 2. The standard InChI is InChI=1S/C27H38N6OS/c1-17-22(16-35-23-10-13-29-18(2)24(23)28-3)25(31-21-9-8-19(14-21)15-34)32-26(30-17)33-27(11-12-27)20-6-4-5-7-20/h10,13,19-21,34H,3-9,11-12,14-16H2,1-2H3,(H2,30,31,32,33). The summed E-state index contributed by atoms with van der Waals surface area (Å²) < 4.78 is 0. The minimum absolute atomic E-state index is 0.199. The van der Waals surface area contributed by atoms with Crippen LogP contribution in [0.3, 0.4) is 0 Å². The summed E-state index contributed by atoms with van der Waals surface area (Å²) >= 11 is 1.73. The average molecular weight is 495 g/mol. The van der Waals surface area contributed by atoms with Crippen molar-refractivity contribution < 1.29 is 5.11 Å². The first-order chi connectivity index (χ1) is 17.0. The fourth-order valence-electron chi connectivity index (χ4n) is 5.97. The van der Waals surface area contributed by atoms with Gasteiger partial charge in [0.05, 0.1) is 11.4 Å². The summed E-state index contributed by atoms with van der Waals surface area (Å²) in [7, 11) is 0. The largest absolute Gasteiger partial charge is 0.396 e. The van der Waals surface area contributed by atoms with Crippen LogP contribution >= 0.6 is 11.8 Å². The van der Waals surface area contributed by atoms with Crippen molar-refractivity contribution in [2.24, 2.45) is 16.8 Å². The molecule has 0 spiro atoms. The SMILES string of the molecule is C=Nc1c(SCc2c(C)nc(NC3(C4CCCC4)CC3)nc2NC2CCC(CO)C2)ccnc1C. The molecular weight excluding hydrogens is 456 g/mol. The number of rotatable bonds is 10. The van der Waals surface area contributed by atoms with Gasteiger partial charge in [0.15, 0.2) is 0 Å². The summed E-state index contributed by atoms with van der Waals surface area (Å²) in [5.41, 5.74) is 4.07. The molecular formula is C27H38N6OS. The molecule has 8 heteroatoms. The number of anilines is 2. The molecule has 3 saturated carbocycles. The van der Waals surface area contributed by atoms with Crippen molar-refractivity contribution in [2.45, 2.75) is 93.9 Å². The van der Waals surface area contributed by atoms with Crippen molar-refractivity contribution >= 4 is 35.9 Å². The van der Waals surface area contributed by atoms with Gasteiger partial charge < -0.3 is 15.7 Å². The van der Waals surface area contributed by atoms with E-state index >= 15 is 0 Å². The quantitative estimate of drug-likeness (QED) is 0.283. The fourth-order valence-corrected chi connectivity index (χ4v) is 7.13. The van der Waals surface area contributed by atoms with Crippen LogP contribution in [-0.4, -0.2) is 45.0 Å². The van der Waals surface area contributed by atoms with Crippen molar-refractivity contribution in [1.29, 1.82) is 0 Å². The molecule has 2 aromatic heterocycles. The molecule has 0 aliphatic heterocycles. The highest BCUT2D eigenvalue weighted by Crippen LogP contribution is 2.51.